The Morgan fingerprint density at radius 3 is 2.27 bits per heavy atom. The van der Waals surface area contributed by atoms with E-state index >= 15 is 0 Å². The molecule has 0 aliphatic heterocycles. The molecule has 66 valence electrons. The van der Waals surface area contributed by atoms with E-state index in [1.54, 1.807) is 0 Å². The third kappa shape index (κ3) is 5.80. The number of hydrogen-bond acceptors (Lipinski definition) is 1. The van der Waals surface area contributed by atoms with E-state index < -0.39 is 9.90 Å². The maximum Gasteiger partial charge on any atom is 0.216 e. The molecule has 0 aromatic rings. The zero-order valence-electron chi connectivity index (χ0n) is 6.28. The monoisotopic (exact) mass is 216 g/mol. The van der Waals surface area contributed by atoms with Gasteiger partial charge in [-0.05, 0) is 19.8 Å². The minimum Gasteiger partial charge on any atom is -0.389 e. The maximum absolute atomic E-state index is 9.20. The molecular formula is C7H11Cl3O. The van der Waals surface area contributed by atoms with Crippen molar-refractivity contribution < 1.29 is 5.11 Å². The van der Waals surface area contributed by atoms with Crippen LogP contribution in [0.3, 0.4) is 0 Å². The quantitative estimate of drug-likeness (QED) is 0.569. The highest BCUT2D eigenvalue weighted by atomic mass is 35.6. The number of aliphatic hydroxyl groups is 1. The summed E-state index contributed by atoms with van der Waals surface area (Å²) >= 11 is 16.3. The van der Waals surface area contributed by atoms with Crippen molar-refractivity contribution in [1.29, 1.82) is 0 Å². The predicted octanol–water partition coefficient (Wildman–Crippen LogP) is 3.07. The molecule has 0 aromatic carbocycles. The zero-order valence-corrected chi connectivity index (χ0v) is 8.55. The van der Waals surface area contributed by atoms with Crippen molar-refractivity contribution in [3.8, 4) is 0 Å². The van der Waals surface area contributed by atoms with E-state index in [0.29, 0.717) is 12.8 Å². The largest absolute Gasteiger partial charge is 0.389 e. The van der Waals surface area contributed by atoms with Gasteiger partial charge in [0.05, 0.1) is 0 Å². The van der Waals surface area contributed by atoms with Gasteiger partial charge in [0.2, 0.25) is 3.79 Å². The second-order valence-corrected chi connectivity index (χ2v) is 4.92. The molecule has 0 fully saturated rings. The molecule has 0 saturated heterocycles. The molecule has 0 saturated carbocycles. The molecule has 0 radical (unpaired) electrons. The van der Waals surface area contributed by atoms with Gasteiger partial charge in [-0.15, -0.1) is 6.58 Å². The molecule has 0 aromatic heterocycles. The number of alkyl halides is 3. The smallest absolute Gasteiger partial charge is 0.216 e. The molecule has 0 spiro atoms. The fourth-order valence-corrected chi connectivity index (χ4v) is 0.874. The maximum atomic E-state index is 9.20. The van der Waals surface area contributed by atoms with Crippen LogP contribution in [-0.2, 0) is 0 Å². The van der Waals surface area contributed by atoms with Crippen LogP contribution in [0, 0.1) is 0 Å². The summed E-state index contributed by atoms with van der Waals surface area (Å²) < 4.78 is -1.57. The highest BCUT2D eigenvalue weighted by Crippen LogP contribution is 2.32. The van der Waals surface area contributed by atoms with Gasteiger partial charge in [-0.2, -0.15) is 0 Å². The van der Waals surface area contributed by atoms with E-state index in [1.165, 1.54) is 0 Å². The Hall–Kier alpha value is 0.570. The summed E-state index contributed by atoms with van der Waals surface area (Å²) in [5.74, 6) is 0. The molecule has 1 N–H and O–H groups in total. The number of aliphatic hydroxyl groups excluding tert-OH is 1. The Kier molecular flexibility index (Phi) is 4.80. The molecule has 1 nitrogen and oxygen atoms in total. The Bertz CT molecular complexity index is 139. The van der Waals surface area contributed by atoms with Crippen LogP contribution < -0.4 is 0 Å². The lowest BCUT2D eigenvalue weighted by atomic mass is 10.1. The van der Waals surface area contributed by atoms with Crippen LogP contribution in [0.5, 0.6) is 0 Å². The minimum absolute atomic E-state index is 0.436. The van der Waals surface area contributed by atoms with E-state index in [4.69, 9.17) is 34.8 Å². The van der Waals surface area contributed by atoms with E-state index in [1.807, 2.05) is 6.92 Å². The van der Waals surface area contributed by atoms with Gasteiger partial charge in [0.1, 0.15) is 6.10 Å². The van der Waals surface area contributed by atoms with Crippen LogP contribution in [0.2, 0.25) is 0 Å². The van der Waals surface area contributed by atoms with Gasteiger partial charge in [0.25, 0.3) is 0 Å². The molecule has 0 amide bonds. The molecule has 0 aliphatic carbocycles. The number of halogens is 3. The molecule has 11 heavy (non-hydrogen) atoms. The van der Waals surface area contributed by atoms with Gasteiger partial charge in [0.15, 0.2) is 0 Å². The van der Waals surface area contributed by atoms with Crippen LogP contribution >= 0.6 is 34.8 Å². The van der Waals surface area contributed by atoms with Gasteiger partial charge in [-0.1, -0.05) is 40.4 Å². The van der Waals surface area contributed by atoms with Crippen molar-refractivity contribution in [2.75, 3.05) is 0 Å². The van der Waals surface area contributed by atoms with Gasteiger partial charge < -0.3 is 5.11 Å². The molecule has 0 aliphatic rings. The van der Waals surface area contributed by atoms with Gasteiger partial charge in [-0.25, -0.2) is 0 Å². The summed E-state index contributed by atoms with van der Waals surface area (Å²) in [6, 6.07) is 0. The fraction of sp³-hybridized carbons (Fsp3) is 0.714. The van der Waals surface area contributed by atoms with Crippen molar-refractivity contribution >= 4 is 34.8 Å². The van der Waals surface area contributed by atoms with Crippen LogP contribution in [0.15, 0.2) is 12.2 Å². The van der Waals surface area contributed by atoms with Crippen LogP contribution in [-0.4, -0.2) is 15.0 Å². The summed E-state index contributed by atoms with van der Waals surface area (Å²) in [6.45, 7) is 5.53. The fourth-order valence-electron chi connectivity index (χ4n) is 0.547. The molecule has 1 atom stereocenters. The minimum atomic E-state index is -1.57. The third-order valence-corrected chi connectivity index (χ3v) is 1.98. The van der Waals surface area contributed by atoms with Crippen molar-refractivity contribution in [1.82, 2.24) is 0 Å². The van der Waals surface area contributed by atoms with Crippen molar-refractivity contribution in [2.45, 2.75) is 29.7 Å². The van der Waals surface area contributed by atoms with Gasteiger partial charge in [0, 0.05) is 0 Å². The Morgan fingerprint density at radius 1 is 1.55 bits per heavy atom. The molecule has 1 unspecified atom stereocenters. The lowest BCUT2D eigenvalue weighted by Crippen LogP contribution is -2.24. The average Bonchev–Trinajstić information content (AvgIpc) is 1.80. The topological polar surface area (TPSA) is 20.2 Å². The van der Waals surface area contributed by atoms with Crippen LogP contribution in [0.4, 0.5) is 0 Å². The average molecular weight is 218 g/mol. The Balaban J connectivity index is 3.70. The Morgan fingerprint density at radius 2 is 2.00 bits per heavy atom. The lowest BCUT2D eigenvalue weighted by Gasteiger charge is -2.18. The molecule has 0 heterocycles. The van der Waals surface area contributed by atoms with E-state index in [9.17, 15) is 5.11 Å². The summed E-state index contributed by atoms with van der Waals surface area (Å²) in [6.07, 6.45) is 0.199. The van der Waals surface area contributed by atoms with Gasteiger partial charge >= 0.3 is 0 Å². The van der Waals surface area contributed by atoms with E-state index in [0.717, 1.165) is 5.57 Å². The molecule has 0 bridgehead atoms. The SMILES string of the molecule is C=C(C)CCC(O)C(Cl)(Cl)Cl. The second kappa shape index (κ2) is 4.56. The summed E-state index contributed by atoms with van der Waals surface area (Å²) in [4.78, 5) is 0. The predicted molar refractivity (Wildman–Crippen MR) is 50.3 cm³/mol. The number of hydrogen-bond donors (Lipinski definition) is 1. The highest BCUT2D eigenvalue weighted by Gasteiger charge is 2.29. The second-order valence-electron chi connectivity index (χ2n) is 2.55. The molecular weight excluding hydrogens is 206 g/mol. The lowest BCUT2D eigenvalue weighted by molar-refractivity contribution is 0.169. The third-order valence-electron chi connectivity index (χ3n) is 1.22. The van der Waals surface area contributed by atoms with Crippen molar-refractivity contribution in [2.24, 2.45) is 0 Å². The number of rotatable bonds is 3. The number of allylic oxidation sites excluding steroid dienone is 1. The standard InChI is InChI=1S/C7H11Cl3O/c1-5(2)3-4-6(11)7(8,9)10/h6,11H,1,3-4H2,2H3. The highest BCUT2D eigenvalue weighted by molar-refractivity contribution is 6.68. The normalized spacial score (nSPS) is 14.6. The first-order valence-electron chi connectivity index (χ1n) is 3.23. The van der Waals surface area contributed by atoms with Crippen molar-refractivity contribution in [3.05, 3.63) is 12.2 Å². The first kappa shape index (κ1) is 11.6. The van der Waals surface area contributed by atoms with E-state index in [-0.39, 0.29) is 0 Å². The van der Waals surface area contributed by atoms with Crippen LogP contribution in [0.1, 0.15) is 19.8 Å². The first-order chi connectivity index (χ1) is 4.84. The summed E-state index contributed by atoms with van der Waals surface area (Å²) in [7, 11) is 0. The molecule has 0 rings (SSSR count). The van der Waals surface area contributed by atoms with E-state index in [2.05, 4.69) is 6.58 Å². The zero-order chi connectivity index (χ0) is 9.07. The summed E-state index contributed by atoms with van der Waals surface area (Å²) in [5.41, 5.74) is 0.971. The molecule has 4 heteroatoms. The van der Waals surface area contributed by atoms with Crippen molar-refractivity contribution in [3.63, 3.8) is 0 Å². The van der Waals surface area contributed by atoms with Gasteiger partial charge in [-0.3, -0.25) is 0 Å². The Labute approximate surface area is 81.9 Å². The summed E-state index contributed by atoms with van der Waals surface area (Å²) in [5, 5.41) is 9.20. The van der Waals surface area contributed by atoms with Crippen LogP contribution in [0.25, 0.3) is 0 Å². The first-order valence-corrected chi connectivity index (χ1v) is 4.36.